The second-order valence-corrected chi connectivity index (χ2v) is 6.31. The summed E-state index contributed by atoms with van der Waals surface area (Å²) in [6.45, 7) is 7.04. The van der Waals surface area contributed by atoms with Crippen LogP contribution in [0.3, 0.4) is 0 Å². The Balaban J connectivity index is 0.00000420. The molecule has 29 heavy (non-hydrogen) atoms. The average Bonchev–Trinajstić information content (AvgIpc) is 2.71. The lowest BCUT2D eigenvalue weighted by molar-refractivity contribution is 0.145. The summed E-state index contributed by atoms with van der Waals surface area (Å²) in [7, 11) is 1.66. The minimum absolute atomic E-state index is 0. The summed E-state index contributed by atoms with van der Waals surface area (Å²) < 4.78 is 10.9. The first-order valence-electron chi connectivity index (χ1n) is 9.38. The molecule has 0 unspecified atom stereocenters. The van der Waals surface area contributed by atoms with Gasteiger partial charge < -0.3 is 20.1 Å². The monoisotopic (exact) mass is 508 g/mol. The number of ether oxygens (including phenoxy) is 2. The summed E-state index contributed by atoms with van der Waals surface area (Å²) in [5.41, 5.74) is 3.91. The van der Waals surface area contributed by atoms with Gasteiger partial charge in [-0.2, -0.15) is 5.26 Å². The largest absolute Gasteiger partial charge is 0.491 e. The van der Waals surface area contributed by atoms with Crippen molar-refractivity contribution in [1.82, 2.24) is 10.6 Å². The molecule has 0 spiro atoms. The van der Waals surface area contributed by atoms with Crippen LogP contribution in [0.4, 0.5) is 0 Å². The number of aliphatic imine (C=N–C) groups is 1. The van der Waals surface area contributed by atoms with Crippen LogP contribution in [0.15, 0.2) is 47.5 Å². The molecule has 0 saturated heterocycles. The molecule has 2 aromatic carbocycles. The van der Waals surface area contributed by atoms with E-state index in [9.17, 15) is 0 Å². The van der Waals surface area contributed by atoms with Gasteiger partial charge in [-0.15, -0.1) is 24.0 Å². The lowest BCUT2D eigenvalue weighted by atomic mass is 10.1. The maximum atomic E-state index is 8.89. The van der Waals surface area contributed by atoms with E-state index >= 15 is 0 Å². The lowest BCUT2D eigenvalue weighted by Crippen LogP contribution is -2.36. The van der Waals surface area contributed by atoms with Crippen molar-refractivity contribution >= 4 is 29.9 Å². The first-order chi connectivity index (χ1) is 13.7. The molecular weight excluding hydrogens is 479 g/mol. The van der Waals surface area contributed by atoms with Gasteiger partial charge in [-0.1, -0.05) is 24.3 Å². The summed E-state index contributed by atoms with van der Waals surface area (Å²) in [5, 5.41) is 15.5. The van der Waals surface area contributed by atoms with Gasteiger partial charge in [-0.25, -0.2) is 4.99 Å². The summed E-state index contributed by atoms with van der Waals surface area (Å²) in [5.74, 6) is 1.59. The fourth-order valence-electron chi connectivity index (χ4n) is 2.55. The molecule has 0 amide bonds. The van der Waals surface area contributed by atoms with Crippen molar-refractivity contribution in [3.8, 4) is 11.8 Å². The van der Waals surface area contributed by atoms with Gasteiger partial charge in [0.1, 0.15) is 12.4 Å². The summed E-state index contributed by atoms with van der Waals surface area (Å²) in [4.78, 5) is 4.63. The van der Waals surface area contributed by atoms with E-state index in [1.807, 2.05) is 32.0 Å². The fraction of sp³-hybridized carbons (Fsp3) is 0.364. The number of hydrogen-bond acceptors (Lipinski definition) is 4. The van der Waals surface area contributed by atoms with E-state index in [0.717, 1.165) is 34.9 Å². The molecule has 0 fully saturated rings. The van der Waals surface area contributed by atoms with E-state index in [4.69, 9.17) is 14.7 Å². The highest BCUT2D eigenvalue weighted by Gasteiger charge is 2.06. The van der Waals surface area contributed by atoms with E-state index in [-0.39, 0.29) is 24.0 Å². The minimum Gasteiger partial charge on any atom is -0.491 e. The maximum Gasteiger partial charge on any atom is 0.191 e. The number of aryl methyl sites for hydroxylation is 1. The molecule has 0 bridgehead atoms. The van der Waals surface area contributed by atoms with E-state index < -0.39 is 0 Å². The molecule has 2 rings (SSSR count). The molecule has 0 radical (unpaired) electrons. The molecule has 0 aromatic heterocycles. The van der Waals surface area contributed by atoms with Crippen LogP contribution in [0.25, 0.3) is 0 Å². The van der Waals surface area contributed by atoms with Crippen LogP contribution in [-0.2, 0) is 17.8 Å². The number of halogens is 1. The maximum absolute atomic E-state index is 8.89. The van der Waals surface area contributed by atoms with Crippen LogP contribution < -0.4 is 15.4 Å². The Bertz CT molecular complexity index is 817. The van der Waals surface area contributed by atoms with Gasteiger partial charge in [0.15, 0.2) is 5.96 Å². The van der Waals surface area contributed by atoms with Crippen LogP contribution in [0.5, 0.6) is 5.75 Å². The highest BCUT2D eigenvalue weighted by Crippen LogP contribution is 2.20. The molecule has 0 atom stereocenters. The van der Waals surface area contributed by atoms with Crippen molar-refractivity contribution in [1.29, 1.82) is 5.26 Å². The Labute approximate surface area is 190 Å². The number of hydrogen-bond donors (Lipinski definition) is 2. The normalized spacial score (nSPS) is 10.6. The fourth-order valence-corrected chi connectivity index (χ4v) is 2.55. The smallest absolute Gasteiger partial charge is 0.191 e. The van der Waals surface area contributed by atoms with Crippen molar-refractivity contribution in [3.05, 3.63) is 64.7 Å². The first-order valence-corrected chi connectivity index (χ1v) is 9.38. The Morgan fingerprint density at radius 2 is 1.86 bits per heavy atom. The zero-order chi connectivity index (χ0) is 20.2. The minimum atomic E-state index is 0. The van der Waals surface area contributed by atoms with Crippen LogP contribution in [0.2, 0.25) is 0 Å². The van der Waals surface area contributed by atoms with Crippen molar-refractivity contribution < 1.29 is 9.47 Å². The summed E-state index contributed by atoms with van der Waals surface area (Å²) >= 11 is 0. The number of nitrogens with one attached hydrogen (secondary N) is 2. The second kappa shape index (κ2) is 13.8. The Kier molecular flexibility index (Phi) is 11.8. The quantitative estimate of drug-likeness (QED) is 0.234. The van der Waals surface area contributed by atoms with Gasteiger partial charge in [0.25, 0.3) is 0 Å². The van der Waals surface area contributed by atoms with E-state index in [1.165, 1.54) is 0 Å². The molecule has 2 aromatic rings. The van der Waals surface area contributed by atoms with Crippen LogP contribution in [-0.4, -0.2) is 32.8 Å². The van der Waals surface area contributed by atoms with Gasteiger partial charge in [0.05, 0.1) is 24.8 Å². The summed E-state index contributed by atoms with van der Waals surface area (Å²) in [6, 6.07) is 15.8. The van der Waals surface area contributed by atoms with Crippen molar-refractivity contribution in [2.45, 2.75) is 26.9 Å². The molecule has 0 aliphatic carbocycles. The molecule has 0 saturated carbocycles. The van der Waals surface area contributed by atoms with Crippen molar-refractivity contribution in [2.24, 2.45) is 4.99 Å². The predicted octanol–water partition coefficient (Wildman–Crippen LogP) is 3.77. The van der Waals surface area contributed by atoms with Gasteiger partial charge in [-0.3, -0.25) is 0 Å². The molecular formula is C22H29IN4O2. The third-order valence-electron chi connectivity index (χ3n) is 4.06. The number of nitrogens with zero attached hydrogens (tertiary/aromatic N) is 2. The first kappa shape index (κ1) is 24.7. The highest BCUT2D eigenvalue weighted by atomic mass is 127. The molecule has 7 heteroatoms. The SMILES string of the molecule is CCNC(=NCc1ccc(C#N)cc1)NCc1ccc(C)cc1OCCOC.I. The van der Waals surface area contributed by atoms with Gasteiger partial charge >= 0.3 is 0 Å². The number of guanidine groups is 1. The zero-order valence-electron chi connectivity index (χ0n) is 17.2. The lowest BCUT2D eigenvalue weighted by Gasteiger charge is -2.15. The van der Waals surface area contributed by atoms with Crippen LogP contribution >= 0.6 is 24.0 Å². The molecule has 0 heterocycles. The molecule has 0 aliphatic heterocycles. The molecule has 0 aliphatic rings. The van der Waals surface area contributed by atoms with Gasteiger partial charge in [0, 0.05) is 25.8 Å². The molecule has 2 N–H and O–H groups in total. The third-order valence-corrected chi connectivity index (χ3v) is 4.06. The number of rotatable bonds is 9. The number of benzene rings is 2. The van der Waals surface area contributed by atoms with Crippen LogP contribution in [0.1, 0.15) is 29.2 Å². The molecule has 156 valence electrons. The topological polar surface area (TPSA) is 78.7 Å². The Morgan fingerprint density at radius 3 is 2.52 bits per heavy atom. The second-order valence-electron chi connectivity index (χ2n) is 6.31. The average molecular weight is 508 g/mol. The Hall–Kier alpha value is -2.31. The zero-order valence-corrected chi connectivity index (χ0v) is 19.5. The van der Waals surface area contributed by atoms with E-state index in [2.05, 4.69) is 33.8 Å². The van der Waals surface area contributed by atoms with E-state index in [1.54, 1.807) is 19.2 Å². The number of nitriles is 1. The highest BCUT2D eigenvalue weighted by molar-refractivity contribution is 14.0. The third kappa shape index (κ3) is 8.71. The number of methoxy groups -OCH3 is 1. The van der Waals surface area contributed by atoms with Gasteiger partial charge in [-0.05, 0) is 43.2 Å². The Morgan fingerprint density at radius 1 is 1.10 bits per heavy atom. The van der Waals surface area contributed by atoms with Crippen LogP contribution in [0, 0.1) is 18.3 Å². The standard InChI is InChI=1S/C22H28N4O2.HI/c1-4-24-22(25-15-19-8-6-18(14-23)7-9-19)26-16-20-10-5-17(2)13-21(20)28-12-11-27-3;/h5-10,13H,4,11-12,15-16H2,1-3H3,(H2,24,25,26);1H. The van der Waals surface area contributed by atoms with E-state index in [0.29, 0.717) is 31.9 Å². The van der Waals surface area contributed by atoms with Crippen molar-refractivity contribution in [3.63, 3.8) is 0 Å². The van der Waals surface area contributed by atoms with Crippen molar-refractivity contribution in [2.75, 3.05) is 26.9 Å². The predicted molar refractivity (Wildman–Crippen MR) is 127 cm³/mol. The van der Waals surface area contributed by atoms with Gasteiger partial charge in [0.2, 0.25) is 0 Å². The summed E-state index contributed by atoms with van der Waals surface area (Å²) in [6.07, 6.45) is 0. The molecule has 6 nitrogen and oxygen atoms in total.